The Morgan fingerprint density at radius 1 is 1.65 bits per heavy atom. The van der Waals surface area contributed by atoms with Crippen LogP contribution in [-0.4, -0.2) is 42.1 Å². The van der Waals surface area contributed by atoms with Crippen molar-refractivity contribution in [1.29, 1.82) is 0 Å². The summed E-state index contributed by atoms with van der Waals surface area (Å²) in [5.74, 6) is 0.221. The van der Waals surface area contributed by atoms with Crippen molar-refractivity contribution in [3.63, 3.8) is 0 Å². The maximum Gasteiger partial charge on any atom is 0.232 e. The third kappa shape index (κ3) is 3.39. The Kier molecular flexibility index (Phi) is 5.33. The number of carbonyl (C=O) groups excluding carboxylic acids is 1. The summed E-state index contributed by atoms with van der Waals surface area (Å²) in [6.07, 6.45) is 1.76. The lowest BCUT2D eigenvalue weighted by Gasteiger charge is -2.37. The van der Waals surface area contributed by atoms with E-state index in [0.29, 0.717) is 23.9 Å². The van der Waals surface area contributed by atoms with E-state index in [1.165, 1.54) is 0 Å². The number of likely N-dealkylation sites (tertiary alicyclic amines) is 1. The molecular formula is C12H22N2O2S. The number of amides is 1. The molecule has 17 heavy (non-hydrogen) atoms. The number of ether oxygens (including phenoxy) is 1. The van der Waals surface area contributed by atoms with Crippen LogP contribution in [0.15, 0.2) is 0 Å². The minimum Gasteiger partial charge on any atom is -0.393 e. The first-order valence-electron chi connectivity index (χ1n) is 6.12. The topological polar surface area (TPSA) is 55.6 Å². The number of nitrogens with two attached hydrogens (primary N) is 1. The van der Waals surface area contributed by atoms with Crippen LogP contribution in [-0.2, 0) is 9.53 Å². The average molecular weight is 258 g/mol. The molecule has 1 amide bonds. The first kappa shape index (κ1) is 14.4. The molecule has 3 unspecified atom stereocenters. The van der Waals surface area contributed by atoms with E-state index in [-0.39, 0.29) is 17.9 Å². The Hall–Kier alpha value is -0.680. The van der Waals surface area contributed by atoms with Gasteiger partial charge in [0.1, 0.15) is 0 Å². The fourth-order valence-corrected chi connectivity index (χ4v) is 2.53. The van der Waals surface area contributed by atoms with E-state index in [2.05, 4.69) is 6.92 Å². The fourth-order valence-electron chi connectivity index (χ4n) is 2.26. The number of hydrogen-bond acceptors (Lipinski definition) is 3. The zero-order valence-corrected chi connectivity index (χ0v) is 11.6. The normalized spacial score (nSPS) is 26.6. The van der Waals surface area contributed by atoms with Gasteiger partial charge in [0.15, 0.2) is 0 Å². The van der Waals surface area contributed by atoms with Crippen LogP contribution in [0.1, 0.15) is 26.7 Å². The van der Waals surface area contributed by atoms with Crippen LogP contribution >= 0.6 is 12.2 Å². The fraction of sp³-hybridized carbons (Fsp3) is 0.833. The lowest BCUT2D eigenvalue weighted by atomic mass is 9.94. The molecular weight excluding hydrogens is 236 g/mol. The monoisotopic (exact) mass is 258 g/mol. The molecule has 0 radical (unpaired) electrons. The maximum absolute atomic E-state index is 12.2. The highest BCUT2D eigenvalue weighted by molar-refractivity contribution is 7.80. The molecule has 0 saturated carbocycles. The summed E-state index contributed by atoms with van der Waals surface area (Å²) in [6, 6.07) is 0. The zero-order chi connectivity index (χ0) is 13.0. The molecule has 2 N–H and O–H groups in total. The first-order valence-corrected chi connectivity index (χ1v) is 6.53. The van der Waals surface area contributed by atoms with Gasteiger partial charge in [-0.15, -0.1) is 0 Å². The predicted octanol–water partition coefficient (Wildman–Crippen LogP) is 1.18. The summed E-state index contributed by atoms with van der Waals surface area (Å²) >= 11 is 4.94. The smallest absolute Gasteiger partial charge is 0.232 e. The van der Waals surface area contributed by atoms with Gasteiger partial charge in [0.25, 0.3) is 0 Å². The van der Waals surface area contributed by atoms with Crippen LogP contribution in [0.4, 0.5) is 0 Å². The van der Waals surface area contributed by atoms with Gasteiger partial charge in [-0.2, -0.15) is 0 Å². The van der Waals surface area contributed by atoms with Crippen molar-refractivity contribution in [2.45, 2.75) is 32.8 Å². The van der Waals surface area contributed by atoms with E-state index in [9.17, 15) is 4.79 Å². The van der Waals surface area contributed by atoms with E-state index >= 15 is 0 Å². The molecule has 0 aromatic heterocycles. The number of piperidine rings is 1. The van der Waals surface area contributed by atoms with Gasteiger partial charge in [0.2, 0.25) is 5.91 Å². The minimum atomic E-state index is -0.323. The number of methoxy groups -OCH3 is 1. The van der Waals surface area contributed by atoms with Crippen molar-refractivity contribution >= 4 is 23.1 Å². The molecule has 0 bridgehead atoms. The van der Waals surface area contributed by atoms with Gasteiger partial charge in [-0.25, -0.2) is 0 Å². The summed E-state index contributed by atoms with van der Waals surface area (Å²) in [5.41, 5.74) is 5.60. The summed E-state index contributed by atoms with van der Waals surface area (Å²) in [7, 11) is 1.69. The van der Waals surface area contributed by atoms with E-state index < -0.39 is 0 Å². The average Bonchev–Trinajstić information content (AvgIpc) is 2.29. The molecule has 98 valence electrons. The summed E-state index contributed by atoms with van der Waals surface area (Å²) < 4.78 is 5.40. The molecule has 0 spiro atoms. The molecule has 4 nitrogen and oxygen atoms in total. The van der Waals surface area contributed by atoms with Crippen molar-refractivity contribution in [2.24, 2.45) is 17.6 Å². The molecule has 3 atom stereocenters. The molecule has 1 aliphatic heterocycles. The Balaban J connectivity index is 2.67. The van der Waals surface area contributed by atoms with E-state index in [0.717, 1.165) is 13.0 Å². The van der Waals surface area contributed by atoms with Crippen molar-refractivity contribution in [3.05, 3.63) is 0 Å². The highest BCUT2D eigenvalue weighted by Gasteiger charge is 2.32. The molecule has 1 aliphatic rings. The third-order valence-electron chi connectivity index (χ3n) is 3.55. The minimum absolute atomic E-state index is 0.0500. The van der Waals surface area contributed by atoms with E-state index in [4.69, 9.17) is 22.7 Å². The largest absolute Gasteiger partial charge is 0.393 e. The second kappa shape index (κ2) is 6.31. The zero-order valence-electron chi connectivity index (χ0n) is 10.8. The molecule has 1 heterocycles. The van der Waals surface area contributed by atoms with E-state index in [1.807, 2.05) is 11.8 Å². The second-order valence-corrected chi connectivity index (χ2v) is 5.16. The van der Waals surface area contributed by atoms with Crippen LogP contribution < -0.4 is 5.73 Å². The van der Waals surface area contributed by atoms with Gasteiger partial charge in [-0.1, -0.05) is 26.1 Å². The highest BCUT2D eigenvalue weighted by Crippen LogP contribution is 2.21. The molecule has 1 saturated heterocycles. The molecule has 0 aromatic rings. The number of thiocarbonyl (C=S) groups is 1. The molecule has 1 fully saturated rings. The third-order valence-corrected chi connectivity index (χ3v) is 3.84. The van der Waals surface area contributed by atoms with E-state index in [1.54, 1.807) is 7.11 Å². The SMILES string of the molecule is CCC(C(=O)N1CCC(C)C(OC)C1)C(N)=S. The van der Waals surface area contributed by atoms with Gasteiger partial charge in [0, 0.05) is 20.2 Å². The van der Waals surface area contributed by atoms with Gasteiger partial charge < -0.3 is 15.4 Å². The number of hydrogen-bond donors (Lipinski definition) is 1. The lowest BCUT2D eigenvalue weighted by molar-refractivity contribution is -0.138. The predicted molar refractivity (Wildman–Crippen MR) is 71.7 cm³/mol. The Morgan fingerprint density at radius 2 is 2.29 bits per heavy atom. The van der Waals surface area contributed by atoms with Crippen LogP contribution in [0.2, 0.25) is 0 Å². The number of carbonyl (C=O) groups is 1. The summed E-state index contributed by atoms with van der Waals surface area (Å²) in [5, 5.41) is 0. The molecule has 0 aromatic carbocycles. The van der Waals surface area contributed by atoms with Gasteiger partial charge in [0.05, 0.1) is 17.0 Å². The lowest BCUT2D eigenvalue weighted by Crippen LogP contribution is -2.50. The van der Waals surface area contributed by atoms with Crippen molar-refractivity contribution < 1.29 is 9.53 Å². The van der Waals surface area contributed by atoms with Crippen LogP contribution in [0.25, 0.3) is 0 Å². The van der Waals surface area contributed by atoms with Crippen LogP contribution in [0.5, 0.6) is 0 Å². The second-order valence-electron chi connectivity index (χ2n) is 4.69. The Labute approximate surface area is 108 Å². The maximum atomic E-state index is 12.2. The van der Waals surface area contributed by atoms with Crippen LogP contribution in [0.3, 0.4) is 0 Å². The van der Waals surface area contributed by atoms with Gasteiger partial charge in [-0.3, -0.25) is 4.79 Å². The number of nitrogens with zero attached hydrogens (tertiary/aromatic N) is 1. The van der Waals surface area contributed by atoms with Gasteiger partial charge in [-0.05, 0) is 18.8 Å². The van der Waals surface area contributed by atoms with Crippen molar-refractivity contribution in [1.82, 2.24) is 4.90 Å². The Bertz CT molecular complexity index is 296. The molecule has 1 rings (SSSR count). The van der Waals surface area contributed by atoms with Gasteiger partial charge >= 0.3 is 0 Å². The summed E-state index contributed by atoms with van der Waals surface area (Å²) in [6.45, 7) is 5.51. The molecule has 0 aliphatic carbocycles. The molecule has 5 heteroatoms. The van der Waals surface area contributed by atoms with Crippen molar-refractivity contribution in [2.75, 3.05) is 20.2 Å². The number of rotatable bonds is 4. The van der Waals surface area contributed by atoms with Crippen molar-refractivity contribution in [3.8, 4) is 0 Å². The first-order chi connectivity index (χ1) is 8.01. The highest BCUT2D eigenvalue weighted by atomic mass is 32.1. The van der Waals surface area contributed by atoms with Crippen LogP contribution in [0, 0.1) is 11.8 Å². The standard InChI is InChI=1S/C12H22N2O2S/c1-4-9(11(13)17)12(15)14-6-5-8(2)10(7-14)16-3/h8-10H,4-7H2,1-3H3,(H2,13,17). The quantitative estimate of drug-likeness (QED) is 0.769. The summed E-state index contributed by atoms with van der Waals surface area (Å²) in [4.78, 5) is 14.4. The Morgan fingerprint density at radius 3 is 2.76 bits per heavy atom.